The van der Waals surface area contributed by atoms with Crippen molar-refractivity contribution >= 4 is 15.9 Å². The van der Waals surface area contributed by atoms with E-state index in [9.17, 15) is 13.7 Å². The van der Waals surface area contributed by atoms with Crippen LogP contribution in [0.1, 0.15) is 51.6 Å². The fourth-order valence-electron chi connectivity index (χ4n) is 4.75. The number of aromatic nitrogens is 1. The molecule has 166 valence electrons. The third-order valence-corrected chi connectivity index (χ3v) is 8.09. The van der Waals surface area contributed by atoms with Crippen molar-refractivity contribution < 1.29 is 12.8 Å². The molecule has 8 heteroatoms. The molecule has 31 heavy (non-hydrogen) atoms. The number of hydrogen-bond acceptors (Lipinski definition) is 6. The molecule has 0 bridgehead atoms. The van der Waals surface area contributed by atoms with Gasteiger partial charge < -0.3 is 9.32 Å². The van der Waals surface area contributed by atoms with Gasteiger partial charge in [0.1, 0.15) is 6.07 Å². The van der Waals surface area contributed by atoms with Crippen LogP contribution in [0.2, 0.25) is 0 Å². The first-order valence-electron chi connectivity index (χ1n) is 11.1. The highest BCUT2D eigenvalue weighted by Gasteiger charge is 2.28. The number of rotatable bonds is 4. The maximum atomic E-state index is 13.0. The van der Waals surface area contributed by atoms with Crippen LogP contribution in [0.25, 0.3) is 11.5 Å². The summed E-state index contributed by atoms with van der Waals surface area (Å²) < 4.78 is 33.6. The smallest absolute Gasteiger partial charge is 0.243 e. The van der Waals surface area contributed by atoms with Gasteiger partial charge in [-0.3, -0.25) is 0 Å². The van der Waals surface area contributed by atoms with Crippen LogP contribution < -0.4 is 4.90 Å². The Kier molecular flexibility index (Phi) is 6.35. The molecular weight excluding hydrogens is 412 g/mol. The Morgan fingerprint density at radius 2 is 1.65 bits per heavy atom. The number of sulfonamides is 1. The van der Waals surface area contributed by atoms with Gasteiger partial charge in [-0.2, -0.15) is 14.6 Å². The lowest BCUT2D eigenvalue weighted by Crippen LogP contribution is -2.38. The summed E-state index contributed by atoms with van der Waals surface area (Å²) in [7, 11) is -3.50. The molecule has 0 saturated carbocycles. The van der Waals surface area contributed by atoms with Gasteiger partial charge >= 0.3 is 0 Å². The summed E-state index contributed by atoms with van der Waals surface area (Å²) in [4.78, 5) is 6.77. The number of benzene rings is 1. The summed E-state index contributed by atoms with van der Waals surface area (Å²) in [6, 6.07) is 8.79. The zero-order valence-electron chi connectivity index (χ0n) is 18.2. The van der Waals surface area contributed by atoms with E-state index in [1.807, 2.05) is 0 Å². The van der Waals surface area contributed by atoms with Crippen LogP contribution in [0.5, 0.6) is 0 Å². The molecule has 4 rings (SSSR count). The quantitative estimate of drug-likeness (QED) is 0.703. The minimum atomic E-state index is -3.50. The summed E-state index contributed by atoms with van der Waals surface area (Å²) in [5, 5.41) is 9.58. The second kappa shape index (κ2) is 9.01. The van der Waals surface area contributed by atoms with Crippen LogP contribution in [0, 0.1) is 23.2 Å². The van der Waals surface area contributed by atoms with Crippen LogP contribution in [0.15, 0.2) is 33.6 Å². The van der Waals surface area contributed by atoms with Crippen LogP contribution in [0.3, 0.4) is 0 Å². The van der Waals surface area contributed by atoms with Gasteiger partial charge in [0, 0.05) is 31.7 Å². The van der Waals surface area contributed by atoms with E-state index in [-0.39, 0.29) is 10.6 Å². The van der Waals surface area contributed by atoms with E-state index >= 15 is 0 Å². The largest absolute Gasteiger partial charge is 0.419 e. The fraction of sp³-hybridized carbons (Fsp3) is 0.565. The Bertz CT molecular complexity index is 1040. The van der Waals surface area contributed by atoms with E-state index in [1.165, 1.54) is 0 Å². The van der Waals surface area contributed by atoms with Gasteiger partial charge in [-0.15, -0.1) is 0 Å². The lowest BCUT2D eigenvalue weighted by Gasteiger charge is -2.34. The molecule has 0 aliphatic carbocycles. The monoisotopic (exact) mass is 442 g/mol. The number of hydrogen-bond donors (Lipinski definition) is 0. The number of piperidine rings is 1. The molecule has 0 unspecified atom stereocenters. The summed E-state index contributed by atoms with van der Waals surface area (Å²) in [6.45, 7) is 7.23. The molecule has 2 fully saturated rings. The Hall–Kier alpha value is -2.37. The van der Waals surface area contributed by atoms with Gasteiger partial charge in [-0.25, -0.2) is 8.42 Å². The fourth-order valence-corrected chi connectivity index (χ4v) is 6.27. The van der Waals surface area contributed by atoms with Crippen molar-refractivity contribution in [2.24, 2.45) is 11.8 Å². The average Bonchev–Trinajstić information content (AvgIpc) is 2.98. The van der Waals surface area contributed by atoms with Gasteiger partial charge in [-0.1, -0.05) is 26.7 Å². The highest BCUT2D eigenvalue weighted by Crippen LogP contribution is 2.33. The van der Waals surface area contributed by atoms with Crippen molar-refractivity contribution in [3.8, 4) is 17.5 Å². The molecule has 1 aromatic heterocycles. The summed E-state index contributed by atoms with van der Waals surface area (Å²) >= 11 is 0. The average molecular weight is 443 g/mol. The predicted molar refractivity (Wildman–Crippen MR) is 119 cm³/mol. The van der Waals surface area contributed by atoms with E-state index in [4.69, 9.17) is 4.42 Å². The van der Waals surface area contributed by atoms with Crippen LogP contribution in [0.4, 0.5) is 5.88 Å². The van der Waals surface area contributed by atoms with E-state index in [1.54, 1.807) is 28.6 Å². The first-order valence-corrected chi connectivity index (χ1v) is 12.6. The predicted octanol–water partition coefficient (Wildman–Crippen LogP) is 4.26. The zero-order chi connectivity index (χ0) is 22.0. The second-order valence-electron chi connectivity index (χ2n) is 8.98. The molecule has 2 saturated heterocycles. The standard InChI is InChI=1S/C23H30N4O3S/c1-17-13-18(2)16-26(15-17)23-21(14-24)25-22(30-23)19-7-9-20(10-8-19)31(28,29)27-11-5-3-4-6-12-27/h7-10,17-18H,3-6,11-13,15-16H2,1-2H3/t17-,18-/m1/s1. The molecular formula is C23H30N4O3S. The lowest BCUT2D eigenvalue weighted by atomic mass is 9.92. The highest BCUT2D eigenvalue weighted by molar-refractivity contribution is 7.89. The molecule has 0 N–H and O–H groups in total. The summed E-state index contributed by atoms with van der Waals surface area (Å²) in [5.41, 5.74) is 0.938. The van der Waals surface area contributed by atoms with Crippen LogP contribution >= 0.6 is 0 Å². The minimum Gasteiger partial charge on any atom is -0.419 e. The molecule has 0 spiro atoms. The Morgan fingerprint density at radius 3 is 2.23 bits per heavy atom. The molecule has 7 nitrogen and oxygen atoms in total. The normalized spacial score (nSPS) is 23.3. The molecule has 3 heterocycles. The van der Waals surface area contributed by atoms with Gasteiger partial charge in [0.05, 0.1) is 4.90 Å². The van der Waals surface area contributed by atoms with Gasteiger partial charge in [-0.05, 0) is 55.4 Å². The molecule has 2 aliphatic rings. The number of anilines is 1. The second-order valence-corrected chi connectivity index (χ2v) is 10.9. The van der Waals surface area contributed by atoms with Gasteiger partial charge in [0.15, 0.2) is 0 Å². The van der Waals surface area contributed by atoms with E-state index in [0.29, 0.717) is 42.3 Å². The van der Waals surface area contributed by atoms with Crippen molar-refractivity contribution in [3.63, 3.8) is 0 Å². The third kappa shape index (κ3) is 4.63. The SMILES string of the molecule is C[C@@H]1C[C@@H](C)CN(c2oc(-c3ccc(S(=O)(=O)N4CCCCCC4)cc3)nc2C#N)C1. The Balaban J connectivity index is 1.58. The van der Waals surface area contributed by atoms with E-state index in [0.717, 1.165) is 45.2 Å². The number of nitrogens with zero attached hydrogens (tertiary/aromatic N) is 4. The number of nitriles is 1. The minimum absolute atomic E-state index is 0.276. The Morgan fingerprint density at radius 1 is 1.03 bits per heavy atom. The Labute approximate surface area is 184 Å². The van der Waals surface area contributed by atoms with Gasteiger partial charge in [0.2, 0.25) is 27.5 Å². The first kappa shape index (κ1) is 21.8. The molecule has 2 aromatic rings. The van der Waals surface area contributed by atoms with Crippen molar-refractivity contribution in [2.45, 2.75) is 50.8 Å². The molecule has 0 radical (unpaired) electrons. The van der Waals surface area contributed by atoms with Crippen molar-refractivity contribution in [1.82, 2.24) is 9.29 Å². The lowest BCUT2D eigenvalue weighted by molar-refractivity contribution is 0.344. The zero-order valence-corrected chi connectivity index (χ0v) is 19.1. The van der Waals surface area contributed by atoms with Gasteiger partial charge in [0.25, 0.3) is 0 Å². The van der Waals surface area contributed by atoms with Crippen molar-refractivity contribution in [2.75, 3.05) is 31.1 Å². The topological polar surface area (TPSA) is 90.4 Å². The van der Waals surface area contributed by atoms with Crippen LogP contribution in [-0.2, 0) is 10.0 Å². The van der Waals surface area contributed by atoms with Crippen molar-refractivity contribution in [3.05, 3.63) is 30.0 Å². The molecule has 2 aliphatic heterocycles. The molecule has 2 atom stereocenters. The number of oxazole rings is 1. The summed E-state index contributed by atoms with van der Waals surface area (Å²) in [5.74, 6) is 1.90. The highest BCUT2D eigenvalue weighted by atomic mass is 32.2. The molecule has 1 aromatic carbocycles. The van der Waals surface area contributed by atoms with E-state index in [2.05, 4.69) is 29.8 Å². The maximum Gasteiger partial charge on any atom is 0.243 e. The molecule has 0 amide bonds. The van der Waals surface area contributed by atoms with Crippen LogP contribution in [-0.4, -0.2) is 43.9 Å². The van der Waals surface area contributed by atoms with Crippen molar-refractivity contribution in [1.29, 1.82) is 5.26 Å². The third-order valence-electron chi connectivity index (χ3n) is 6.18. The first-order chi connectivity index (χ1) is 14.9. The van der Waals surface area contributed by atoms with E-state index < -0.39 is 10.0 Å². The maximum absolute atomic E-state index is 13.0. The summed E-state index contributed by atoms with van der Waals surface area (Å²) in [6.07, 6.45) is 5.12.